The summed E-state index contributed by atoms with van der Waals surface area (Å²) in [5.41, 5.74) is 14.4. The summed E-state index contributed by atoms with van der Waals surface area (Å²) < 4.78 is 12.8. The molecule has 0 saturated carbocycles. The molecule has 3 aliphatic rings. The Morgan fingerprint density at radius 3 is 2.32 bits per heavy atom. The van der Waals surface area contributed by atoms with E-state index in [1.807, 2.05) is 6.20 Å². The van der Waals surface area contributed by atoms with Crippen LogP contribution in [0.2, 0.25) is 0 Å². The van der Waals surface area contributed by atoms with Gasteiger partial charge in [0.1, 0.15) is 17.3 Å². The van der Waals surface area contributed by atoms with Crippen LogP contribution in [0.5, 0.6) is 11.5 Å². The lowest BCUT2D eigenvalue weighted by molar-refractivity contribution is 0.433. The zero-order valence-electron chi connectivity index (χ0n) is 26.4. The van der Waals surface area contributed by atoms with Crippen LogP contribution in [0.3, 0.4) is 0 Å². The third-order valence-corrected chi connectivity index (χ3v) is 9.66. The second-order valence-corrected chi connectivity index (χ2v) is 12.5. The number of allylic oxidation sites excluding steroid dienone is 4. The van der Waals surface area contributed by atoms with Crippen molar-refractivity contribution in [1.29, 1.82) is 0 Å². The van der Waals surface area contributed by atoms with Crippen LogP contribution in [0, 0.1) is 0 Å². The maximum absolute atomic E-state index is 6.42. The Kier molecular flexibility index (Phi) is 6.39. The highest BCUT2D eigenvalue weighted by Crippen LogP contribution is 2.46. The molecule has 3 heterocycles. The normalized spacial score (nSPS) is 14.4. The van der Waals surface area contributed by atoms with Gasteiger partial charge in [-0.1, -0.05) is 91.9 Å². The summed E-state index contributed by atoms with van der Waals surface area (Å²) in [5, 5.41) is 5.72. The highest BCUT2D eigenvalue weighted by atomic mass is 16.5. The van der Waals surface area contributed by atoms with Gasteiger partial charge in [0, 0.05) is 34.8 Å². The Morgan fingerprint density at radius 1 is 0.681 bits per heavy atom. The van der Waals surface area contributed by atoms with E-state index in [0.717, 1.165) is 52.7 Å². The van der Waals surface area contributed by atoms with Gasteiger partial charge >= 0.3 is 0 Å². The standard InChI is InChI=1S/C44H33NO2/c1-3-28(23-38-27(2)46-41-17-9-13-30-12-7-15-36(38)43(30)41)33-20-34(29-10-5-4-6-11-29)22-35(21-33)31-18-19-40-39(24-31)37-16-8-14-32-25-45-26-42(47-40)44(32)37/h4-24,26,45H,3,25H2,1-2H3/b28-23+. The van der Waals surface area contributed by atoms with Crippen LogP contribution in [0.15, 0.2) is 139 Å². The second kappa shape index (κ2) is 10.9. The number of benzene rings is 6. The lowest BCUT2D eigenvalue weighted by Gasteiger charge is -2.28. The summed E-state index contributed by atoms with van der Waals surface area (Å²) in [4.78, 5) is 0. The molecule has 3 nitrogen and oxygen atoms in total. The largest absolute Gasteiger partial charge is 0.461 e. The molecule has 9 rings (SSSR count). The van der Waals surface area contributed by atoms with E-state index in [2.05, 4.69) is 147 Å². The van der Waals surface area contributed by atoms with Gasteiger partial charge in [-0.2, -0.15) is 0 Å². The molecule has 0 atom stereocenters. The number of ether oxygens (including phenoxy) is 2. The van der Waals surface area contributed by atoms with Crippen LogP contribution in [0.4, 0.5) is 0 Å². The molecule has 3 heteroatoms. The Morgan fingerprint density at radius 2 is 1.47 bits per heavy atom. The molecule has 0 aliphatic carbocycles. The predicted octanol–water partition coefficient (Wildman–Crippen LogP) is 11.3. The molecule has 3 aliphatic heterocycles. The van der Waals surface area contributed by atoms with Crippen LogP contribution in [-0.2, 0) is 6.54 Å². The molecule has 0 amide bonds. The minimum atomic E-state index is 0.806. The van der Waals surface area contributed by atoms with Gasteiger partial charge in [-0.15, -0.1) is 0 Å². The lowest BCUT2D eigenvalue weighted by Crippen LogP contribution is -2.19. The summed E-state index contributed by atoms with van der Waals surface area (Å²) >= 11 is 0. The van der Waals surface area contributed by atoms with Gasteiger partial charge in [0.25, 0.3) is 0 Å². The zero-order chi connectivity index (χ0) is 31.5. The molecule has 0 unspecified atom stereocenters. The Bertz CT molecular complexity index is 2340. The van der Waals surface area contributed by atoms with Crippen molar-refractivity contribution in [3.63, 3.8) is 0 Å². The van der Waals surface area contributed by atoms with E-state index in [4.69, 9.17) is 9.47 Å². The van der Waals surface area contributed by atoms with E-state index in [9.17, 15) is 0 Å². The molecule has 0 saturated heterocycles. The molecule has 0 aromatic heterocycles. The minimum Gasteiger partial charge on any atom is -0.461 e. The van der Waals surface area contributed by atoms with Gasteiger partial charge < -0.3 is 14.8 Å². The van der Waals surface area contributed by atoms with E-state index in [-0.39, 0.29) is 0 Å². The SMILES string of the molecule is CC/C(=C\C1=C(C)Oc2cccc3cccc1c23)c1cc(-c2ccccc2)cc(-c2ccc3c(c2)-c2cccc4c2C(=CNC4)O3)c1. The van der Waals surface area contributed by atoms with E-state index in [1.165, 1.54) is 60.9 Å². The average molecular weight is 608 g/mol. The highest BCUT2D eigenvalue weighted by molar-refractivity contribution is 6.03. The first-order chi connectivity index (χ1) is 23.1. The molecule has 1 N–H and O–H groups in total. The Hall–Kier alpha value is -5.80. The lowest BCUT2D eigenvalue weighted by atomic mass is 9.87. The Balaban J connectivity index is 1.20. The topological polar surface area (TPSA) is 30.5 Å². The fraction of sp³-hybridized carbons (Fsp3) is 0.0909. The molecule has 47 heavy (non-hydrogen) atoms. The molecule has 6 aromatic carbocycles. The van der Waals surface area contributed by atoms with Crippen LogP contribution in [-0.4, -0.2) is 0 Å². The monoisotopic (exact) mass is 607 g/mol. The summed E-state index contributed by atoms with van der Waals surface area (Å²) in [5.74, 6) is 3.62. The molecule has 226 valence electrons. The van der Waals surface area contributed by atoms with Gasteiger partial charge in [0.15, 0.2) is 5.76 Å². The summed E-state index contributed by atoms with van der Waals surface area (Å²) in [7, 11) is 0. The van der Waals surface area contributed by atoms with Crippen LogP contribution in [0.25, 0.3) is 61.1 Å². The molecule has 0 spiro atoms. The molecular weight excluding hydrogens is 574 g/mol. The van der Waals surface area contributed by atoms with Gasteiger partial charge in [0.05, 0.1) is 0 Å². The van der Waals surface area contributed by atoms with E-state index < -0.39 is 0 Å². The van der Waals surface area contributed by atoms with Gasteiger partial charge in [-0.05, 0) is 111 Å². The van der Waals surface area contributed by atoms with Crippen molar-refractivity contribution in [3.05, 3.63) is 162 Å². The fourth-order valence-electron chi connectivity index (χ4n) is 7.34. The van der Waals surface area contributed by atoms with Gasteiger partial charge in [-0.3, -0.25) is 0 Å². The van der Waals surface area contributed by atoms with Crippen LogP contribution >= 0.6 is 0 Å². The summed E-state index contributed by atoms with van der Waals surface area (Å²) in [6.45, 7) is 5.12. The van der Waals surface area contributed by atoms with Crippen molar-refractivity contribution in [2.24, 2.45) is 0 Å². The smallest absolute Gasteiger partial charge is 0.151 e. The number of hydrogen-bond donors (Lipinski definition) is 1. The highest BCUT2D eigenvalue weighted by Gasteiger charge is 2.27. The van der Waals surface area contributed by atoms with Crippen molar-refractivity contribution < 1.29 is 9.47 Å². The first-order valence-corrected chi connectivity index (χ1v) is 16.4. The average Bonchev–Trinajstić information content (AvgIpc) is 3.12. The predicted molar refractivity (Wildman–Crippen MR) is 194 cm³/mol. The first kappa shape index (κ1) is 27.5. The minimum absolute atomic E-state index is 0.806. The van der Waals surface area contributed by atoms with Gasteiger partial charge in [0.2, 0.25) is 0 Å². The van der Waals surface area contributed by atoms with Crippen LogP contribution < -0.4 is 14.8 Å². The van der Waals surface area contributed by atoms with Crippen molar-refractivity contribution in [1.82, 2.24) is 5.32 Å². The van der Waals surface area contributed by atoms with E-state index in [0.29, 0.717) is 0 Å². The molecule has 0 bridgehead atoms. The molecule has 0 radical (unpaired) electrons. The number of fused-ring (bicyclic) bond motifs is 2. The van der Waals surface area contributed by atoms with E-state index >= 15 is 0 Å². The zero-order valence-corrected chi connectivity index (χ0v) is 26.4. The van der Waals surface area contributed by atoms with Crippen molar-refractivity contribution in [2.45, 2.75) is 26.8 Å². The molecule has 6 aromatic rings. The Labute approximate surface area is 275 Å². The fourth-order valence-corrected chi connectivity index (χ4v) is 7.34. The number of rotatable bonds is 5. The summed E-state index contributed by atoms with van der Waals surface area (Å²) in [6, 6.07) is 43.6. The maximum Gasteiger partial charge on any atom is 0.151 e. The summed E-state index contributed by atoms with van der Waals surface area (Å²) in [6.07, 6.45) is 5.21. The maximum atomic E-state index is 6.42. The van der Waals surface area contributed by atoms with Gasteiger partial charge in [-0.25, -0.2) is 0 Å². The third kappa shape index (κ3) is 4.58. The van der Waals surface area contributed by atoms with E-state index in [1.54, 1.807) is 0 Å². The number of hydrogen-bond acceptors (Lipinski definition) is 3. The van der Waals surface area contributed by atoms with Crippen molar-refractivity contribution in [2.75, 3.05) is 0 Å². The quantitative estimate of drug-likeness (QED) is 0.211. The van der Waals surface area contributed by atoms with Crippen molar-refractivity contribution in [3.8, 4) is 44.9 Å². The van der Waals surface area contributed by atoms with Crippen LogP contribution in [0.1, 0.15) is 42.5 Å². The third-order valence-electron chi connectivity index (χ3n) is 9.66. The second-order valence-electron chi connectivity index (χ2n) is 12.5. The first-order valence-electron chi connectivity index (χ1n) is 16.4. The van der Waals surface area contributed by atoms with Crippen molar-refractivity contribution >= 4 is 27.7 Å². The number of nitrogens with one attached hydrogen (secondary N) is 1. The molecular formula is C44H33NO2. The molecule has 0 fully saturated rings.